The molecule has 13 heteroatoms. The second kappa shape index (κ2) is 29.4. The summed E-state index contributed by atoms with van der Waals surface area (Å²) in [5, 5.41) is 30.4. The average Bonchev–Trinajstić information content (AvgIpc) is 3.06. The van der Waals surface area contributed by atoms with E-state index in [0.29, 0.717) is 13.0 Å². The van der Waals surface area contributed by atoms with Gasteiger partial charge in [-0.25, -0.2) is 4.18 Å². The molecule has 0 aliphatic carbocycles. The van der Waals surface area contributed by atoms with Crippen LogP contribution in [0.1, 0.15) is 149 Å². The van der Waals surface area contributed by atoms with E-state index in [4.69, 9.17) is 23.5 Å². The summed E-state index contributed by atoms with van der Waals surface area (Å²) in [6, 6.07) is 0. The van der Waals surface area contributed by atoms with E-state index in [0.717, 1.165) is 44.9 Å². The van der Waals surface area contributed by atoms with Crippen LogP contribution in [0.2, 0.25) is 0 Å². The molecule has 6 atom stereocenters. The number of aliphatic hydroxyl groups excluding tert-OH is 3. The molecule has 1 rings (SSSR count). The van der Waals surface area contributed by atoms with E-state index in [2.05, 4.69) is 30.2 Å². The maximum Gasteiger partial charge on any atom is 0.397 e. The first-order chi connectivity index (χ1) is 23.6. The first-order valence-corrected chi connectivity index (χ1v) is 20.3. The Kier molecular flexibility index (Phi) is 27.5. The van der Waals surface area contributed by atoms with Gasteiger partial charge in [0.15, 0.2) is 6.29 Å². The fourth-order valence-corrected chi connectivity index (χ4v) is 6.23. The zero-order chi connectivity index (χ0) is 36.2. The third-order valence-corrected chi connectivity index (χ3v) is 9.10. The van der Waals surface area contributed by atoms with Crippen molar-refractivity contribution in [1.82, 2.24) is 0 Å². The van der Waals surface area contributed by atoms with Gasteiger partial charge in [0.05, 0.1) is 19.8 Å². The zero-order valence-corrected chi connectivity index (χ0v) is 31.1. The molecule has 49 heavy (non-hydrogen) atoms. The van der Waals surface area contributed by atoms with E-state index >= 15 is 0 Å². The number of allylic oxidation sites excluding steroid dienone is 2. The molecule has 0 radical (unpaired) electrons. The maximum atomic E-state index is 12.7. The second-order valence-electron chi connectivity index (χ2n) is 13.2. The lowest BCUT2D eigenvalue weighted by atomic mass is 9.99. The molecule has 0 saturated carbocycles. The Hall–Kier alpha value is -1.16. The van der Waals surface area contributed by atoms with Crippen LogP contribution >= 0.6 is 0 Å². The van der Waals surface area contributed by atoms with E-state index in [9.17, 15) is 28.5 Å². The van der Waals surface area contributed by atoms with Gasteiger partial charge in [0.2, 0.25) is 0 Å². The number of hydrogen-bond donors (Lipinski definition) is 4. The van der Waals surface area contributed by atoms with Crippen molar-refractivity contribution in [3.05, 3.63) is 12.2 Å². The van der Waals surface area contributed by atoms with Crippen LogP contribution in [-0.2, 0) is 38.3 Å². The molecule has 1 saturated heterocycles. The molecule has 1 aliphatic rings. The van der Waals surface area contributed by atoms with Crippen molar-refractivity contribution in [1.29, 1.82) is 0 Å². The van der Waals surface area contributed by atoms with Crippen molar-refractivity contribution in [2.45, 2.75) is 185 Å². The minimum absolute atomic E-state index is 0.0355. The van der Waals surface area contributed by atoms with Gasteiger partial charge in [-0.3, -0.25) is 9.35 Å². The van der Waals surface area contributed by atoms with Crippen LogP contribution in [0.5, 0.6) is 0 Å². The largest absolute Gasteiger partial charge is 0.457 e. The fraction of sp³-hybridized carbons (Fsp3) is 0.917. The molecule has 12 nitrogen and oxygen atoms in total. The first kappa shape index (κ1) is 45.9. The molecule has 4 N–H and O–H groups in total. The third kappa shape index (κ3) is 23.8. The molecular formula is C36H68O12S. The van der Waals surface area contributed by atoms with Gasteiger partial charge in [0.25, 0.3) is 0 Å². The predicted octanol–water partition coefficient (Wildman–Crippen LogP) is 6.35. The van der Waals surface area contributed by atoms with E-state index in [1.807, 2.05) is 0 Å². The highest BCUT2D eigenvalue weighted by molar-refractivity contribution is 7.80. The fourth-order valence-electron chi connectivity index (χ4n) is 5.72. The molecule has 290 valence electrons. The van der Waals surface area contributed by atoms with Crippen molar-refractivity contribution in [3.8, 4) is 0 Å². The van der Waals surface area contributed by atoms with Crippen molar-refractivity contribution in [2.75, 3.05) is 26.4 Å². The van der Waals surface area contributed by atoms with Crippen LogP contribution in [0.25, 0.3) is 0 Å². The summed E-state index contributed by atoms with van der Waals surface area (Å²) in [5.41, 5.74) is 0. The molecule has 1 aliphatic heterocycles. The molecule has 1 heterocycles. The minimum Gasteiger partial charge on any atom is -0.457 e. The minimum atomic E-state index is -5.05. The molecule has 0 amide bonds. The van der Waals surface area contributed by atoms with E-state index < -0.39 is 59.8 Å². The average molecular weight is 725 g/mol. The monoisotopic (exact) mass is 724 g/mol. The number of carbonyl (C=O) groups excluding carboxylic acids is 1. The van der Waals surface area contributed by atoms with Gasteiger partial charge in [-0.2, -0.15) is 8.42 Å². The van der Waals surface area contributed by atoms with Gasteiger partial charge in [-0.05, 0) is 38.5 Å². The van der Waals surface area contributed by atoms with E-state index in [1.165, 1.54) is 77.0 Å². The highest BCUT2D eigenvalue weighted by atomic mass is 32.3. The molecule has 0 spiro atoms. The summed E-state index contributed by atoms with van der Waals surface area (Å²) < 4.78 is 58.6. The molecule has 1 fully saturated rings. The van der Waals surface area contributed by atoms with Crippen LogP contribution in [0.15, 0.2) is 12.2 Å². The number of rotatable bonds is 32. The van der Waals surface area contributed by atoms with Crippen LogP contribution in [0, 0.1) is 0 Å². The Balaban J connectivity index is 2.50. The highest BCUT2D eigenvalue weighted by Gasteiger charge is 2.48. The standard InChI is InChI=1S/C36H68O12S/c1-3-5-7-9-11-13-14-15-16-17-18-20-22-24-26-44-28-30(46-32(38)25-23-21-19-12-10-8-6-4-2)29-45-36-34(40)35(48-49(41,42)43)33(39)31(27-37)47-36/h13-14,30-31,33-37,39-40H,3-12,15-29H2,1-2H3,(H,41,42,43)/b14-13-. The van der Waals surface area contributed by atoms with E-state index in [1.54, 1.807) is 0 Å². The Morgan fingerprint density at radius 3 is 1.86 bits per heavy atom. The van der Waals surface area contributed by atoms with Gasteiger partial charge in [-0.1, -0.05) is 116 Å². The van der Waals surface area contributed by atoms with Gasteiger partial charge < -0.3 is 34.3 Å². The maximum absolute atomic E-state index is 12.7. The third-order valence-electron chi connectivity index (χ3n) is 8.64. The predicted molar refractivity (Wildman–Crippen MR) is 188 cm³/mol. The van der Waals surface area contributed by atoms with Crippen molar-refractivity contribution in [2.24, 2.45) is 0 Å². The molecule has 0 bridgehead atoms. The van der Waals surface area contributed by atoms with Gasteiger partial charge in [-0.15, -0.1) is 0 Å². The van der Waals surface area contributed by atoms with Crippen molar-refractivity contribution >= 4 is 16.4 Å². The van der Waals surface area contributed by atoms with Crippen LogP contribution in [0.4, 0.5) is 0 Å². The Bertz CT molecular complexity index is 931. The molecule has 0 aromatic heterocycles. The number of unbranched alkanes of at least 4 members (excludes halogenated alkanes) is 17. The van der Waals surface area contributed by atoms with Crippen LogP contribution in [0.3, 0.4) is 0 Å². The summed E-state index contributed by atoms with van der Waals surface area (Å²) in [6.45, 7) is 3.91. The molecule has 6 unspecified atom stereocenters. The number of esters is 1. The molecular weight excluding hydrogens is 656 g/mol. The summed E-state index contributed by atoms with van der Waals surface area (Å²) in [5.74, 6) is -0.407. The van der Waals surface area contributed by atoms with Gasteiger partial charge >= 0.3 is 16.4 Å². The Morgan fingerprint density at radius 1 is 0.755 bits per heavy atom. The van der Waals surface area contributed by atoms with Crippen LogP contribution in [-0.4, -0.2) is 97.5 Å². The summed E-state index contributed by atoms with van der Waals surface area (Å²) in [6.07, 6.45) is 18.4. The summed E-state index contributed by atoms with van der Waals surface area (Å²) in [4.78, 5) is 12.7. The van der Waals surface area contributed by atoms with Crippen LogP contribution < -0.4 is 0 Å². The Labute approximate surface area is 296 Å². The van der Waals surface area contributed by atoms with Gasteiger partial charge in [0, 0.05) is 13.0 Å². The summed E-state index contributed by atoms with van der Waals surface area (Å²) in [7, 11) is -5.05. The second-order valence-corrected chi connectivity index (χ2v) is 14.2. The zero-order valence-electron chi connectivity index (χ0n) is 30.3. The van der Waals surface area contributed by atoms with Gasteiger partial charge in [0.1, 0.15) is 30.5 Å². The number of ether oxygens (including phenoxy) is 4. The lowest BCUT2D eigenvalue weighted by Gasteiger charge is -2.41. The normalized spacial score (nSPS) is 22.1. The van der Waals surface area contributed by atoms with Crippen molar-refractivity contribution < 1.29 is 56.2 Å². The molecule has 0 aromatic rings. The lowest BCUT2D eigenvalue weighted by molar-refractivity contribution is -0.301. The number of carbonyl (C=O) groups is 1. The molecule has 0 aromatic carbocycles. The van der Waals surface area contributed by atoms with Crippen molar-refractivity contribution in [3.63, 3.8) is 0 Å². The topological polar surface area (TPSA) is 178 Å². The first-order valence-electron chi connectivity index (χ1n) is 18.9. The number of aliphatic hydroxyl groups is 3. The summed E-state index contributed by atoms with van der Waals surface area (Å²) >= 11 is 0. The SMILES string of the molecule is CCCCCC/C=C\CCCCCCCCOCC(COC1OC(CO)C(O)C(OS(=O)(=O)O)C1O)OC(=O)CCCCCCCCCC. The lowest BCUT2D eigenvalue weighted by Crippen LogP contribution is -2.60. The highest BCUT2D eigenvalue weighted by Crippen LogP contribution is 2.26. The van der Waals surface area contributed by atoms with E-state index in [-0.39, 0.29) is 19.6 Å². The Morgan fingerprint density at radius 2 is 1.29 bits per heavy atom. The smallest absolute Gasteiger partial charge is 0.397 e. The number of hydrogen-bond acceptors (Lipinski definition) is 11. The quantitative estimate of drug-likeness (QED) is 0.0262.